The minimum absolute atomic E-state index is 0.0123. The van der Waals surface area contributed by atoms with Gasteiger partial charge in [-0.05, 0) is 55.9 Å². The van der Waals surface area contributed by atoms with Gasteiger partial charge in [0.1, 0.15) is 0 Å². The zero-order chi connectivity index (χ0) is 16.9. The summed E-state index contributed by atoms with van der Waals surface area (Å²) in [6.07, 6.45) is 6.52. The Kier molecular flexibility index (Phi) is 5.14. The highest BCUT2D eigenvalue weighted by Gasteiger charge is 2.23. The van der Waals surface area contributed by atoms with Gasteiger partial charge in [-0.2, -0.15) is 0 Å². The summed E-state index contributed by atoms with van der Waals surface area (Å²) < 4.78 is 0. The molecule has 2 amide bonds. The van der Waals surface area contributed by atoms with E-state index in [0.717, 1.165) is 24.8 Å². The van der Waals surface area contributed by atoms with Gasteiger partial charge in [-0.3, -0.25) is 4.98 Å². The first-order chi connectivity index (χ1) is 11.6. The van der Waals surface area contributed by atoms with Gasteiger partial charge in [-0.25, -0.2) is 4.79 Å². The van der Waals surface area contributed by atoms with Crippen LogP contribution in [-0.4, -0.2) is 28.0 Å². The van der Waals surface area contributed by atoms with Crippen LogP contribution in [0.2, 0.25) is 0 Å². The summed E-state index contributed by atoms with van der Waals surface area (Å²) in [6, 6.07) is 12.8. The van der Waals surface area contributed by atoms with E-state index in [1.165, 1.54) is 11.1 Å². The van der Waals surface area contributed by atoms with Crippen LogP contribution in [0.25, 0.3) is 0 Å². The summed E-state index contributed by atoms with van der Waals surface area (Å²) in [4.78, 5) is 18.8. The fourth-order valence-electron chi connectivity index (χ4n) is 3.26. The first-order valence-corrected chi connectivity index (χ1v) is 8.66. The summed E-state index contributed by atoms with van der Waals surface area (Å²) in [5.74, 6) is 0. The number of pyridine rings is 1. The van der Waals surface area contributed by atoms with Gasteiger partial charge < -0.3 is 10.2 Å². The number of fused-ring (bicyclic) bond motifs is 1. The van der Waals surface area contributed by atoms with Crippen molar-refractivity contribution in [3.8, 4) is 0 Å². The average molecular weight is 323 g/mol. The molecule has 4 heteroatoms. The van der Waals surface area contributed by atoms with Gasteiger partial charge in [0, 0.05) is 31.0 Å². The van der Waals surface area contributed by atoms with E-state index in [1.54, 1.807) is 6.20 Å². The van der Waals surface area contributed by atoms with Crippen molar-refractivity contribution < 1.29 is 4.79 Å². The van der Waals surface area contributed by atoms with E-state index in [-0.39, 0.29) is 18.1 Å². The molecule has 1 heterocycles. The molecule has 1 N–H and O–H groups in total. The molecule has 1 aromatic carbocycles. The summed E-state index contributed by atoms with van der Waals surface area (Å²) in [5.41, 5.74) is 3.83. The lowest BCUT2D eigenvalue weighted by molar-refractivity contribution is 0.174. The molecule has 0 bridgehead atoms. The lowest BCUT2D eigenvalue weighted by atomic mass is 9.88. The molecule has 126 valence electrons. The second-order valence-corrected chi connectivity index (χ2v) is 6.74. The predicted molar refractivity (Wildman–Crippen MR) is 95.7 cm³/mol. The minimum atomic E-state index is 0.0123. The van der Waals surface area contributed by atoms with Crippen LogP contribution in [0.3, 0.4) is 0 Å². The molecule has 1 aliphatic rings. The Labute approximate surface area is 143 Å². The number of aryl methyl sites for hydroxylation is 1. The van der Waals surface area contributed by atoms with E-state index in [4.69, 9.17) is 0 Å². The van der Waals surface area contributed by atoms with Crippen LogP contribution in [-0.2, 0) is 19.4 Å². The smallest absolute Gasteiger partial charge is 0.318 e. The van der Waals surface area contributed by atoms with Crippen LogP contribution in [0, 0.1) is 0 Å². The van der Waals surface area contributed by atoms with Gasteiger partial charge in [0.15, 0.2) is 0 Å². The molecule has 1 aliphatic carbocycles. The van der Waals surface area contributed by atoms with E-state index in [9.17, 15) is 4.79 Å². The quantitative estimate of drug-likeness (QED) is 0.935. The lowest BCUT2D eigenvalue weighted by Crippen LogP contribution is -2.48. The second kappa shape index (κ2) is 7.47. The van der Waals surface area contributed by atoms with Crippen LogP contribution >= 0.6 is 0 Å². The number of benzene rings is 1. The number of carbonyl (C=O) groups excluding carboxylic acids is 1. The highest BCUT2D eigenvalue weighted by atomic mass is 16.2. The number of hydrogen-bond acceptors (Lipinski definition) is 2. The van der Waals surface area contributed by atoms with Crippen molar-refractivity contribution in [2.75, 3.05) is 0 Å². The van der Waals surface area contributed by atoms with Crippen molar-refractivity contribution in [3.05, 3.63) is 65.5 Å². The number of rotatable bonds is 4. The van der Waals surface area contributed by atoms with Crippen molar-refractivity contribution in [3.63, 3.8) is 0 Å². The maximum Gasteiger partial charge on any atom is 0.318 e. The number of urea groups is 1. The molecular formula is C20H25N3O. The number of hydrogen-bond donors (Lipinski definition) is 1. The number of carbonyl (C=O) groups is 1. The molecule has 1 aromatic heterocycles. The van der Waals surface area contributed by atoms with Gasteiger partial charge in [0.25, 0.3) is 0 Å². The van der Waals surface area contributed by atoms with Crippen molar-refractivity contribution in [2.24, 2.45) is 0 Å². The topological polar surface area (TPSA) is 45.2 Å². The Morgan fingerprint density at radius 3 is 2.75 bits per heavy atom. The zero-order valence-electron chi connectivity index (χ0n) is 14.4. The lowest BCUT2D eigenvalue weighted by Gasteiger charge is -2.31. The van der Waals surface area contributed by atoms with Crippen LogP contribution in [0.4, 0.5) is 4.79 Å². The Hall–Kier alpha value is -2.36. The summed E-state index contributed by atoms with van der Waals surface area (Å²) in [7, 11) is 0. The Bertz CT molecular complexity index is 684. The molecule has 4 nitrogen and oxygen atoms in total. The molecule has 0 spiro atoms. The molecule has 0 saturated heterocycles. The minimum Gasteiger partial charge on any atom is -0.335 e. The largest absolute Gasteiger partial charge is 0.335 e. The maximum absolute atomic E-state index is 12.8. The van der Waals surface area contributed by atoms with Crippen LogP contribution in [0.15, 0.2) is 48.8 Å². The monoisotopic (exact) mass is 323 g/mol. The summed E-state index contributed by atoms with van der Waals surface area (Å²) in [6.45, 7) is 4.68. The molecule has 0 radical (unpaired) electrons. The average Bonchev–Trinajstić information content (AvgIpc) is 2.60. The van der Waals surface area contributed by atoms with Crippen molar-refractivity contribution in [1.82, 2.24) is 15.2 Å². The van der Waals surface area contributed by atoms with Crippen LogP contribution < -0.4 is 5.32 Å². The molecule has 3 rings (SSSR count). The molecular weight excluding hydrogens is 298 g/mol. The third-order valence-electron chi connectivity index (χ3n) is 4.63. The van der Waals surface area contributed by atoms with Gasteiger partial charge in [0.05, 0.1) is 0 Å². The van der Waals surface area contributed by atoms with Crippen molar-refractivity contribution >= 4 is 6.03 Å². The van der Waals surface area contributed by atoms with Crippen LogP contribution in [0.1, 0.15) is 37.0 Å². The fraction of sp³-hybridized carbons (Fsp3) is 0.400. The molecule has 0 saturated carbocycles. The van der Waals surface area contributed by atoms with Gasteiger partial charge in [0.2, 0.25) is 0 Å². The van der Waals surface area contributed by atoms with E-state index < -0.39 is 0 Å². The molecule has 24 heavy (non-hydrogen) atoms. The normalized spacial score (nSPS) is 16.5. The fourth-order valence-corrected chi connectivity index (χ4v) is 3.26. The number of nitrogens with zero attached hydrogens (tertiary/aromatic N) is 2. The molecule has 0 fully saturated rings. The maximum atomic E-state index is 12.8. The number of amides is 2. The molecule has 1 atom stereocenters. The Morgan fingerprint density at radius 1 is 1.25 bits per heavy atom. The number of aromatic nitrogens is 1. The summed E-state index contributed by atoms with van der Waals surface area (Å²) >= 11 is 0. The highest BCUT2D eigenvalue weighted by Crippen LogP contribution is 2.21. The van der Waals surface area contributed by atoms with Gasteiger partial charge in [-0.1, -0.05) is 30.3 Å². The Balaban J connectivity index is 1.64. The third-order valence-corrected chi connectivity index (χ3v) is 4.63. The summed E-state index contributed by atoms with van der Waals surface area (Å²) in [5, 5.41) is 3.23. The van der Waals surface area contributed by atoms with Gasteiger partial charge in [-0.15, -0.1) is 0 Å². The highest BCUT2D eigenvalue weighted by molar-refractivity contribution is 5.75. The SMILES string of the molecule is CC(C)N(Cc1cccnc1)C(=O)NC1CCc2ccccc2C1. The standard InChI is InChI=1S/C20H25N3O/c1-15(2)23(14-16-6-5-11-21-13-16)20(24)22-19-10-9-17-7-3-4-8-18(17)12-19/h3-8,11,13,15,19H,9-10,12,14H2,1-2H3,(H,22,24). The third kappa shape index (κ3) is 3.94. The first-order valence-electron chi connectivity index (χ1n) is 8.66. The Morgan fingerprint density at radius 2 is 2.04 bits per heavy atom. The van der Waals surface area contributed by atoms with E-state index >= 15 is 0 Å². The second-order valence-electron chi connectivity index (χ2n) is 6.74. The number of nitrogens with one attached hydrogen (secondary N) is 1. The predicted octanol–water partition coefficient (Wildman–Crippen LogP) is 3.56. The molecule has 2 aromatic rings. The van der Waals surface area contributed by atoms with Crippen molar-refractivity contribution in [1.29, 1.82) is 0 Å². The molecule has 1 unspecified atom stereocenters. The van der Waals surface area contributed by atoms with Gasteiger partial charge >= 0.3 is 6.03 Å². The molecule has 0 aliphatic heterocycles. The van der Waals surface area contributed by atoms with Crippen molar-refractivity contribution in [2.45, 2.75) is 51.7 Å². The van der Waals surface area contributed by atoms with E-state index in [2.05, 4.69) is 34.6 Å². The van der Waals surface area contributed by atoms with E-state index in [1.807, 2.05) is 37.1 Å². The van der Waals surface area contributed by atoms with E-state index in [0.29, 0.717) is 6.54 Å². The zero-order valence-corrected chi connectivity index (χ0v) is 14.4. The first kappa shape index (κ1) is 16.5. The van der Waals surface area contributed by atoms with Crippen LogP contribution in [0.5, 0.6) is 0 Å².